The van der Waals surface area contributed by atoms with Crippen molar-refractivity contribution in [1.29, 1.82) is 0 Å². The molecule has 0 radical (unpaired) electrons. The van der Waals surface area contributed by atoms with Gasteiger partial charge in [-0.2, -0.15) is 0 Å². The smallest absolute Gasteiger partial charge is 0.314 e. The Morgan fingerprint density at radius 2 is 1.61 bits per heavy atom. The highest BCUT2D eigenvalue weighted by Crippen LogP contribution is 2.65. The molecule has 0 spiro atoms. The first-order chi connectivity index (χ1) is 13.3. The zero-order valence-corrected chi connectivity index (χ0v) is 17.8. The normalized spacial score (nSPS) is 38.4. The number of likely N-dealkylation sites (tertiary alicyclic amines) is 1. The molecule has 5 fully saturated rings. The van der Waals surface area contributed by atoms with Crippen molar-refractivity contribution in [3.63, 3.8) is 0 Å². The lowest BCUT2D eigenvalue weighted by Gasteiger charge is -2.60. The molecule has 5 heteroatoms. The van der Waals surface area contributed by atoms with Crippen molar-refractivity contribution in [1.82, 2.24) is 4.90 Å². The van der Waals surface area contributed by atoms with Crippen LogP contribution in [0, 0.1) is 17.3 Å². The lowest BCUT2D eigenvalue weighted by molar-refractivity contribution is -0.160. The standard InChI is InChI=1S/C23H28BrNO3/c24-22-13-16-10-17(14-22)12-21(11-16,15-22)19(26)25-8-6-23(7-9-25,20(27)28)18-4-2-1-3-5-18/h1-5,16-17H,6-15H2,(H,27,28)/t16-,17-,21?,22?/m1/s1. The monoisotopic (exact) mass is 445 g/mol. The van der Waals surface area contributed by atoms with E-state index < -0.39 is 11.4 Å². The predicted octanol–water partition coefficient (Wildman–Crippen LogP) is 4.37. The number of nitrogens with zero attached hydrogens (tertiary/aromatic N) is 1. The van der Waals surface area contributed by atoms with E-state index in [1.165, 1.54) is 19.3 Å². The van der Waals surface area contributed by atoms with E-state index in [2.05, 4.69) is 15.9 Å². The van der Waals surface area contributed by atoms with Crippen LogP contribution in [0.15, 0.2) is 30.3 Å². The van der Waals surface area contributed by atoms with Crippen molar-refractivity contribution in [3.8, 4) is 0 Å². The molecule has 1 aliphatic heterocycles. The summed E-state index contributed by atoms with van der Waals surface area (Å²) in [6.45, 7) is 1.10. The second-order valence-electron chi connectivity index (χ2n) is 9.94. The van der Waals surface area contributed by atoms with Gasteiger partial charge in [-0.1, -0.05) is 46.3 Å². The van der Waals surface area contributed by atoms with Gasteiger partial charge in [-0.3, -0.25) is 9.59 Å². The number of piperidine rings is 1. The number of carbonyl (C=O) groups is 2. The first kappa shape index (κ1) is 18.7. The minimum atomic E-state index is -0.865. The summed E-state index contributed by atoms with van der Waals surface area (Å²) < 4.78 is 0.164. The molecule has 1 aromatic rings. The van der Waals surface area contributed by atoms with E-state index in [1.807, 2.05) is 35.2 Å². The van der Waals surface area contributed by atoms with Gasteiger partial charge in [0.25, 0.3) is 0 Å². The van der Waals surface area contributed by atoms with Crippen LogP contribution in [0.5, 0.6) is 0 Å². The van der Waals surface area contributed by atoms with E-state index in [0.717, 1.165) is 24.8 Å². The van der Waals surface area contributed by atoms with Gasteiger partial charge in [0.2, 0.25) is 5.91 Å². The van der Waals surface area contributed by atoms with E-state index in [-0.39, 0.29) is 9.74 Å². The van der Waals surface area contributed by atoms with Gasteiger partial charge in [-0.25, -0.2) is 0 Å². The number of carboxylic acid groups (broad SMARTS) is 1. The van der Waals surface area contributed by atoms with Crippen LogP contribution in [-0.4, -0.2) is 39.3 Å². The SMILES string of the molecule is O=C(N1CCC(C(=O)O)(c2ccccc2)CC1)C12C[C@H]3C[C@@H](CC(Br)(C3)C1)C2. The van der Waals surface area contributed by atoms with Gasteiger partial charge in [0.05, 0.1) is 10.8 Å². The molecule has 4 saturated carbocycles. The summed E-state index contributed by atoms with van der Waals surface area (Å²) in [5.74, 6) is 0.895. The Balaban J connectivity index is 1.36. The van der Waals surface area contributed by atoms with Gasteiger partial charge >= 0.3 is 5.97 Å². The summed E-state index contributed by atoms with van der Waals surface area (Å²) >= 11 is 4.00. The molecule has 2 atom stereocenters. The van der Waals surface area contributed by atoms with Gasteiger partial charge < -0.3 is 10.0 Å². The number of halogens is 1. The average Bonchev–Trinajstić information content (AvgIpc) is 2.66. The molecular formula is C23H28BrNO3. The Hall–Kier alpha value is -1.36. The second kappa shape index (κ2) is 6.32. The fourth-order valence-electron chi connectivity index (χ4n) is 7.21. The molecule has 5 aliphatic rings. The van der Waals surface area contributed by atoms with E-state index in [1.54, 1.807) is 0 Å². The molecule has 1 heterocycles. The molecule has 0 unspecified atom stereocenters. The number of hydrogen-bond acceptors (Lipinski definition) is 2. The molecule has 4 nitrogen and oxygen atoms in total. The topological polar surface area (TPSA) is 57.6 Å². The maximum atomic E-state index is 13.7. The minimum Gasteiger partial charge on any atom is -0.481 e. The molecule has 0 aromatic heterocycles. The molecule has 150 valence electrons. The lowest BCUT2D eigenvalue weighted by atomic mass is 9.49. The zero-order chi connectivity index (χ0) is 19.6. The molecule has 6 rings (SSSR count). The minimum absolute atomic E-state index is 0.164. The van der Waals surface area contributed by atoms with Gasteiger partial charge in [-0.15, -0.1) is 0 Å². The van der Waals surface area contributed by atoms with Gasteiger partial charge in [0.1, 0.15) is 0 Å². The largest absolute Gasteiger partial charge is 0.481 e. The van der Waals surface area contributed by atoms with E-state index in [0.29, 0.717) is 43.7 Å². The highest BCUT2D eigenvalue weighted by molar-refractivity contribution is 9.10. The summed E-state index contributed by atoms with van der Waals surface area (Å²) in [5.41, 5.74) is -0.205. The number of amides is 1. The highest BCUT2D eigenvalue weighted by Gasteiger charge is 2.61. The van der Waals surface area contributed by atoms with Crippen LogP contribution in [0.4, 0.5) is 0 Å². The number of aliphatic carboxylic acids is 1. The summed E-state index contributed by atoms with van der Waals surface area (Å²) in [5, 5.41) is 10.0. The number of carbonyl (C=O) groups excluding carboxylic acids is 1. The Morgan fingerprint density at radius 3 is 2.14 bits per heavy atom. The zero-order valence-electron chi connectivity index (χ0n) is 16.2. The fraction of sp³-hybridized carbons (Fsp3) is 0.652. The maximum Gasteiger partial charge on any atom is 0.314 e. The molecule has 28 heavy (non-hydrogen) atoms. The molecule has 1 aromatic carbocycles. The predicted molar refractivity (Wildman–Crippen MR) is 110 cm³/mol. The number of rotatable bonds is 3. The van der Waals surface area contributed by atoms with Crippen molar-refractivity contribution in [2.75, 3.05) is 13.1 Å². The van der Waals surface area contributed by atoms with Crippen LogP contribution < -0.4 is 0 Å². The summed E-state index contributed by atoms with van der Waals surface area (Å²) in [6, 6.07) is 9.56. The summed E-state index contributed by atoms with van der Waals surface area (Å²) in [7, 11) is 0. The Bertz CT molecular complexity index is 785. The molecule has 1 saturated heterocycles. The Labute approximate surface area is 174 Å². The van der Waals surface area contributed by atoms with Crippen molar-refractivity contribution in [2.45, 2.75) is 61.1 Å². The maximum absolute atomic E-state index is 13.7. The average molecular weight is 446 g/mol. The van der Waals surface area contributed by atoms with Crippen LogP contribution in [0.2, 0.25) is 0 Å². The Kier molecular flexibility index (Phi) is 4.21. The van der Waals surface area contributed by atoms with Crippen LogP contribution >= 0.6 is 15.9 Å². The number of benzene rings is 1. The van der Waals surface area contributed by atoms with E-state index in [9.17, 15) is 14.7 Å². The number of carboxylic acids is 1. The molecular weight excluding hydrogens is 418 g/mol. The van der Waals surface area contributed by atoms with Crippen LogP contribution in [-0.2, 0) is 15.0 Å². The molecule has 4 aliphatic carbocycles. The first-order valence-electron chi connectivity index (χ1n) is 10.6. The third-order valence-electron chi connectivity index (χ3n) is 8.08. The van der Waals surface area contributed by atoms with Crippen LogP contribution in [0.1, 0.15) is 56.9 Å². The van der Waals surface area contributed by atoms with Gasteiger partial charge in [-0.05, 0) is 68.8 Å². The van der Waals surface area contributed by atoms with E-state index >= 15 is 0 Å². The summed E-state index contributed by atoms with van der Waals surface area (Å²) in [4.78, 5) is 27.9. The fourth-order valence-corrected chi connectivity index (χ4v) is 8.66. The third-order valence-corrected chi connectivity index (χ3v) is 9.01. The second-order valence-corrected chi connectivity index (χ2v) is 11.6. The highest BCUT2D eigenvalue weighted by atomic mass is 79.9. The van der Waals surface area contributed by atoms with E-state index in [4.69, 9.17) is 0 Å². The number of hydrogen-bond donors (Lipinski definition) is 1. The molecule has 1 amide bonds. The summed E-state index contributed by atoms with van der Waals surface area (Å²) in [6.07, 6.45) is 7.76. The lowest BCUT2D eigenvalue weighted by Crippen LogP contribution is -2.60. The third kappa shape index (κ3) is 2.76. The van der Waals surface area contributed by atoms with Crippen molar-refractivity contribution < 1.29 is 14.7 Å². The first-order valence-corrected chi connectivity index (χ1v) is 11.4. The molecule has 1 N–H and O–H groups in total. The van der Waals surface area contributed by atoms with Crippen LogP contribution in [0.3, 0.4) is 0 Å². The van der Waals surface area contributed by atoms with Crippen molar-refractivity contribution in [3.05, 3.63) is 35.9 Å². The van der Waals surface area contributed by atoms with Crippen LogP contribution in [0.25, 0.3) is 0 Å². The molecule has 4 bridgehead atoms. The Morgan fingerprint density at radius 1 is 1.00 bits per heavy atom. The van der Waals surface area contributed by atoms with Gasteiger partial charge in [0, 0.05) is 17.4 Å². The van der Waals surface area contributed by atoms with Crippen molar-refractivity contribution in [2.24, 2.45) is 17.3 Å². The van der Waals surface area contributed by atoms with Crippen molar-refractivity contribution >= 4 is 27.8 Å². The quantitative estimate of drug-likeness (QED) is 0.702. The number of alkyl halides is 1. The van der Waals surface area contributed by atoms with Gasteiger partial charge in [0.15, 0.2) is 0 Å².